The van der Waals surface area contributed by atoms with Gasteiger partial charge in [0.1, 0.15) is 10.7 Å². The number of rotatable bonds is 2. The van der Waals surface area contributed by atoms with Crippen molar-refractivity contribution in [3.63, 3.8) is 0 Å². The van der Waals surface area contributed by atoms with Crippen LogP contribution in [0.2, 0.25) is 0 Å². The summed E-state index contributed by atoms with van der Waals surface area (Å²) in [5, 5.41) is 0. The Hall–Kier alpha value is -0.940. The van der Waals surface area contributed by atoms with Crippen molar-refractivity contribution in [2.24, 2.45) is 0 Å². The third-order valence-electron chi connectivity index (χ3n) is 3.42. The first-order chi connectivity index (χ1) is 8.53. The molecule has 1 unspecified atom stereocenters. The molecule has 1 aliphatic heterocycles. The molecule has 18 heavy (non-hydrogen) atoms. The molecule has 5 heteroatoms. The van der Waals surface area contributed by atoms with E-state index in [4.69, 9.17) is 0 Å². The van der Waals surface area contributed by atoms with E-state index in [9.17, 15) is 12.8 Å². The molecule has 0 amide bonds. The summed E-state index contributed by atoms with van der Waals surface area (Å²) >= 11 is 0. The summed E-state index contributed by atoms with van der Waals surface area (Å²) in [6.07, 6.45) is 3.75. The molecule has 0 aromatic heterocycles. The fraction of sp³-hybridized carbons (Fsp3) is 0.538. The Morgan fingerprint density at radius 3 is 2.67 bits per heavy atom. The van der Waals surface area contributed by atoms with Gasteiger partial charge in [-0.1, -0.05) is 25.0 Å². The van der Waals surface area contributed by atoms with Crippen molar-refractivity contribution >= 4 is 10.0 Å². The van der Waals surface area contributed by atoms with Gasteiger partial charge >= 0.3 is 0 Å². The van der Waals surface area contributed by atoms with E-state index >= 15 is 0 Å². The molecule has 1 heterocycles. The minimum atomic E-state index is -3.71. The molecular weight excluding hydrogens is 253 g/mol. The summed E-state index contributed by atoms with van der Waals surface area (Å²) < 4.78 is 40.0. The van der Waals surface area contributed by atoms with Crippen LogP contribution in [0.15, 0.2) is 29.2 Å². The third-order valence-corrected chi connectivity index (χ3v) is 5.46. The molecule has 100 valence electrons. The molecule has 3 nitrogen and oxygen atoms in total. The minimum absolute atomic E-state index is 0.0582. The van der Waals surface area contributed by atoms with Crippen molar-refractivity contribution in [3.8, 4) is 0 Å². The van der Waals surface area contributed by atoms with Gasteiger partial charge in [-0.3, -0.25) is 0 Å². The van der Waals surface area contributed by atoms with Crippen molar-refractivity contribution in [2.45, 2.75) is 43.5 Å². The molecule has 1 aromatic rings. The van der Waals surface area contributed by atoms with Crippen LogP contribution in [0.3, 0.4) is 0 Å². The van der Waals surface area contributed by atoms with E-state index in [0.717, 1.165) is 25.7 Å². The summed E-state index contributed by atoms with van der Waals surface area (Å²) in [5.74, 6) is -0.672. The zero-order chi connectivity index (χ0) is 13.2. The maximum Gasteiger partial charge on any atom is 0.246 e. The molecule has 0 bridgehead atoms. The molecular formula is C13H18FNO2S. The highest BCUT2D eigenvalue weighted by Gasteiger charge is 2.31. The van der Waals surface area contributed by atoms with E-state index in [1.807, 2.05) is 6.92 Å². The first-order valence-corrected chi connectivity index (χ1v) is 7.74. The first-order valence-electron chi connectivity index (χ1n) is 6.30. The van der Waals surface area contributed by atoms with E-state index in [2.05, 4.69) is 0 Å². The van der Waals surface area contributed by atoms with Crippen molar-refractivity contribution in [1.29, 1.82) is 0 Å². The molecule has 0 N–H and O–H groups in total. The first kappa shape index (κ1) is 13.5. The fourth-order valence-electron chi connectivity index (χ4n) is 2.39. The average Bonchev–Trinajstić information content (AvgIpc) is 2.54. The van der Waals surface area contributed by atoms with Crippen LogP contribution in [0.4, 0.5) is 4.39 Å². The fourth-order valence-corrected chi connectivity index (χ4v) is 4.15. The summed E-state index contributed by atoms with van der Waals surface area (Å²) in [6, 6.07) is 5.52. The number of nitrogens with zero attached hydrogens (tertiary/aromatic N) is 1. The van der Waals surface area contributed by atoms with Gasteiger partial charge in [-0.25, -0.2) is 12.8 Å². The van der Waals surface area contributed by atoms with Crippen LogP contribution in [0.5, 0.6) is 0 Å². The second-order valence-electron chi connectivity index (χ2n) is 4.74. The Kier molecular flexibility index (Phi) is 4.02. The van der Waals surface area contributed by atoms with Gasteiger partial charge in [0, 0.05) is 12.6 Å². The van der Waals surface area contributed by atoms with Crippen LogP contribution in [0, 0.1) is 5.82 Å². The Labute approximate surface area is 108 Å². The predicted octanol–water partition coefficient (Wildman–Crippen LogP) is 2.78. The van der Waals surface area contributed by atoms with E-state index < -0.39 is 15.8 Å². The van der Waals surface area contributed by atoms with Gasteiger partial charge in [-0.15, -0.1) is 0 Å². The summed E-state index contributed by atoms with van der Waals surface area (Å²) in [5.41, 5.74) is 0. The van der Waals surface area contributed by atoms with E-state index in [1.54, 1.807) is 6.07 Å². The number of hydrogen-bond donors (Lipinski definition) is 0. The molecule has 1 saturated heterocycles. The second-order valence-corrected chi connectivity index (χ2v) is 6.60. The molecule has 1 fully saturated rings. The SMILES string of the molecule is CC1CCCCCN1S(=O)(=O)c1ccccc1F. The molecule has 0 aliphatic carbocycles. The Balaban J connectivity index is 2.38. The second kappa shape index (κ2) is 5.36. The summed E-state index contributed by atoms with van der Waals surface area (Å²) in [6.45, 7) is 2.38. The number of sulfonamides is 1. The lowest BCUT2D eigenvalue weighted by Crippen LogP contribution is -2.38. The van der Waals surface area contributed by atoms with Crippen LogP contribution < -0.4 is 0 Å². The van der Waals surface area contributed by atoms with Gasteiger partial charge in [-0.05, 0) is 31.9 Å². The molecule has 0 radical (unpaired) electrons. The zero-order valence-corrected chi connectivity index (χ0v) is 11.3. The lowest BCUT2D eigenvalue weighted by atomic mass is 10.1. The number of halogens is 1. The largest absolute Gasteiger partial charge is 0.246 e. The minimum Gasteiger partial charge on any atom is -0.207 e. The summed E-state index contributed by atoms with van der Waals surface area (Å²) in [4.78, 5) is -0.209. The highest BCUT2D eigenvalue weighted by atomic mass is 32.2. The van der Waals surface area contributed by atoms with Crippen molar-refractivity contribution in [3.05, 3.63) is 30.1 Å². The normalized spacial score (nSPS) is 22.7. The zero-order valence-electron chi connectivity index (χ0n) is 10.5. The quantitative estimate of drug-likeness (QED) is 0.829. The van der Waals surface area contributed by atoms with Gasteiger partial charge in [-0.2, -0.15) is 4.31 Å². The Bertz CT molecular complexity index is 515. The lowest BCUT2D eigenvalue weighted by Gasteiger charge is -2.26. The number of benzene rings is 1. The van der Waals surface area contributed by atoms with E-state index in [0.29, 0.717) is 6.54 Å². The Morgan fingerprint density at radius 1 is 1.22 bits per heavy atom. The highest BCUT2D eigenvalue weighted by molar-refractivity contribution is 7.89. The average molecular weight is 271 g/mol. The van der Waals surface area contributed by atoms with Gasteiger partial charge in [0.25, 0.3) is 0 Å². The van der Waals surface area contributed by atoms with Crippen molar-refractivity contribution < 1.29 is 12.8 Å². The molecule has 0 saturated carbocycles. The molecule has 1 atom stereocenters. The molecule has 0 spiro atoms. The van der Waals surface area contributed by atoms with Gasteiger partial charge < -0.3 is 0 Å². The van der Waals surface area contributed by atoms with Crippen molar-refractivity contribution in [1.82, 2.24) is 4.31 Å². The van der Waals surface area contributed by atoms with Gasteiger partial charge in [0.05, 0.1) is 0 Å². The highest BCUT2D eigenvalue weighted by Crippen LogP contribution is 2.25. The van der Waals surface area contributed by atoms with E-state index in [1.165, 1.54) is 22.5 Å². The van der Waals surface area contributed by atoms with Crippen LogP contribution in [-0.2, 0) is 10.0 Å². The van der Waals surface area contributed by atoms with Gasteiger partial charge in [0.2, 0.25) is 10.0 Å². The van der Waals surface area contributed by atoms with Crippen LogP contribution >= 0.6 is 0 Å². The van der Waals surface area contributed by atoms with Crippen LogP contribution in [0.1, 0.15) is 32.6 Å². The van der Waals surface area contributed by atoms with Crippen molar-refractivity contribution in [2.75, 3.05) is 6.54 Å². The topological polar surface area (TPSA) is 37.4 Å². The van der Waals surface area contributed by atoms with Gasteiger partial charge in [0.15, 0.2) is 0 Å². The molecule has 2 rings (SSSR count). The third kappa shape index (κ3) is 2.57. The van der Waals surface area contributed by atoms with Crippen LogP contribution in [0.25, 0.3) is 0 Å². The van der Waals surface area contributed by atoms with E-state index in [-0.39, 0.29) is 10.9 Å². The maximum absolute atomic E-state index is 13.7. The standard InChI is InChI=1S/C13H18FNO2S/c1-11-7-3-2-6-10-15(11)18(16,17)13-9-5-4-8-12(13)14/h4-5,8-9,11H,2-3,6-7,10H2,1H3. The Morgan fingerprint density at radius 2 is 1.94 bits per heavy atom. The summed E-state index contributed by atoms with van der Waals surface area (Å²) in [7, 11) is -3.71. The molecule has 1 aromatic carbocycles. The molecule has 1 aliphatic rings. The predicted molar refractivity (Wildman–Crippen MR) is 68.2 cm³/mol. The smallest absolute Gasteiger partial charge is 0.207 e. The monoisotopic (exact) mass is 271 g/mol. The van der Waals surface area contributed by atoms with Crippen LogP contribution in [-0.4, -0.2) is 25.3 Å². The lowest BCUT2D eigenvalue weighted by molar-refractivity contribution is 0.340. The number of hydrogen-bond acceptors (Lipinski definition) is 2. The maximum atomic E-state index is 13.7.